The lowest BCUT2D eigenvalue weighted by Crippen LogP contribution is -2.48. The molecule has 2 unspecified atom stereocenters. The largest absolute Gasteiger partial charge is 0.397 e. The number of aliphatic hydroxyl groups excluding tert-OH is 2. The predicted molar refractivity (Wildman–Crippen MR) is 62.5 cm³/mol. The Morgan fingerprint density at radius 1 is 1.40 bits per heavy atom. The molecule has 1 fully saturated rings. The molecule has 2 bridgehead atoms. The average Bonchev–Trinajstić information content (AvgIpc) is 2.19. The Bertz CT molecular complexity index is 231. The zero-order valence-corrected chi connectivity index (χ0v) is 10.2. The second-order valence-corrected chi connectivity index (χ2v) is 5.11. The van der Waals surface area contributed by atoms with Crippen LogP contribution in [0.15, 0.2) is 11.6 Å². The van der Waals surface area contributed by atoms with Gasteiger partial charge in [-0.2, -0.15) is 0 Å². The number of aliphatic hydroxyl groups is 2. The van der Waals surface area contributed by atoms with E-state index in [4.69, 9.17) is 10.2 Å². The molecule has 0 aromatic heterocycles. The molecular formula is C13H24O2. The zero-order chi connectivity index (χ0) is 11.5. The molecule has 2 N–H and O–H groups in total. The summed E-state index contributed by atoms with van der Waals surface area (Å²) in [6, 6.07) is 0. The summed E-state index contributed by atoms with van der Waals surface area (Å²) in [5, 5.41) is 16.5. The van der Waals surface area contributed by atoms with Crippen LogP contribution in [0.4, 0.5) is 0 Å². The van der Waals surface area contributed by atoms with Crippen LogP contribution in [0.5, 0.6) is 0 Å². The first-order valence-corrected chi connectivity index (χ1v) is 5.98. The highest BCUT2D eigenvalue weighted by atomic mass is 16.3. The molecule has 88 valence electrons. The van der Waals surface area contributed by atoms with Gasteiger partial charge in [0, 0.05) is 13.2 Å². The maximum atomic E-state index is 8.88. The molecule has 0 aromatic carbocycles. The Morgan fingerprint density at radius 2 is 2.00 bits per heavy atom. The van der Waals surface area contributed by atoms with Crippen LogP contribution in [0.2, 0.25) is 0 Å². The highest BCUT2D eigenvalue weighted by Crippen LogP contribution is 2.59. The monoisotopic (exact) mass is 212 g/mol. The smallest absolute Gasteiger partial charge is 0.0468 e. The van der Waals surface area contributed by atoms with Crippen molar-refractivity contribution in [3.63, 3.8) is 0 Å². The molecule has 15 heavy (non-hydrogen) atoms. The topological polar surface area (TPSA) is 40.5 Å². The molecule has 1 saturated carbocycles. The zero-order valence-electron chi connectivity index (χ0n) is 10.2. The molecule has 0 saturated heterocycles. The van der Waals surface area contributed by atoms with E-state index < -0.39 is 0 Å². The fraction of sp³-hybridized carbons (Fsp3) is 0.846. The van der Waals surface area contributed by atoms with E-state index in [1.54, 1.807) is 6.92 Å². The van der Waals surface area contributed by atoms with Gasteiger partial charge in [-0.3, -0.25) is 0 Å². The quantitative estimate of drug-likeness (QED) is 0.690. The normalized spacial score (nSPS) is 30.9. The lowest BCUT2D eigenvalue weighted by Gasteiger charge is -2.56. The van der Waals surface area contributed by atoms with Gasteiger partial charge in [-0.05, 0) is 43.4 Å². The minimum Gasteiger partial charge on any atom is -0.397 e. The number of rotatable bonds is 2. The SMILES string of the molecule is CC1(C)C2CC=C(CCO)C1C2.CCO. The molecule has 0 radical (unpaired) electrons. The minimum atomic E-state index is 0.250. The van der Waals surface area contributed by atoms with Crippen LogP contribution in [0.3, 0.4) is 0 Å². The van der Waals surface area contributed by atoms with Gasteiger partial charge in [0.1, 0.15) is 0 Å². The Labute approximate surface area is 93.0 Å². The second-order valence-electron chi connectivity index (χ2n) is 5.11. The molecule has 3 rings (SSSR count). The summed E-state index contributed by atoms with van der Waals surface area (Å²) in [4.78, 5) is 0. The van der Waals surface area contributed by atoms with Crippen molar-refractivity contribution in [2.24, 2.45) is 17.3 Å². The van der Waals surface area contributed by atoms with Crippen molar-refractivity contribution in [2.45, 2.75) is 40.0 Å². The van der Waals surface area contributed by atoms with E-state index >= 15 is 0 Å². The van der Waals surface area contributed by atoms with E-state index in [-0.39, 0.29) is 6.61 Å². The molecule has 2 nitrogen and oxygen atoms in total. The van der Waals surface area contributed by atoms with E-state index in [2.05, 4.69) is 19.9 Å². The summed E-state index contributed by atoms with van der Waals surface area (Å²) in [6.07, 6.45) is 5.89. The number of hydrogen-bond donors (Lipinski definition) is 2. The molecular weight excluding hydrogens is 188 g/mol. The van der Waals surface area contributed by atoms with Crippen molar-refractivity contribution >= 4 is 0 Å². The van der Waals surface area contributed by atoms with Crippen LogP contribution in [0, 0.1) is 17.3 Å². The van der Waals surface area contributed by atoms with Gasteiger partial charge < -0.3 is 10.2 Å². The molecule has 0 heterocycles. The summed E-state index contributed by atoms with van der Waals surface area (Å²) in [5.74, 6) is 1.70. The van der Waals surface area contributed by atoms with E-state index in [1.165, 1.54) is 18.4 Å². The number of hydrogen-bond acceptors (Lipinski definition) is 2. The molecule has 0 amide bonds. The van der Waals surface area contributed by atoms with Crippen LogP contribution >= 0.6 is 0 Å². The first-order chi connectivity index (χ1) is 7.07. The standard InChI is InChI=1S/C11H18O.C2H6O/c1-11(2)9-4-3-8(5-6-12)10(11)7-9;1-2-3/h3,9-10,12H,4-7H2,1-2H3;3H,2H2,1H3. The van der Waals surface area contributed by atoms with Crippen molar-refractivity contribution in [1.82, 2.24) is 0 Å². The van der Waals surface area contributed by atoms with E-state index in [0.29, 0.717) is 12.0 Å². The van der Waals surface area contributed by atoms with Crippen molar-refractivity contribution in [3.05, 3.63) is 11.6 Å². The highest BCUT2D eigenvalue weighted by molar-refractivity contribution is 5.23. The Hall–Kier alpha value is -0.340. The Morgan fingerprint density at radius 3 is 2.40 bits per heavy atom. The lowest BCUT2D eigenvalue weighted by atomic mass is 9.48. The lowest BCUT2D eigenvalue weighted by molar-refractivity contribution is -0.00943. The Kier molecular flexibility index (Phi) is 4.35. The number of allylic oxidation sites excluding steroid dienone is 1. The van der Waals surface area contributed by atoms with Gasteiger partial charge in [0.2, 0.25) is 0 Å². The summed E-state index contributed by atoms with van der Waals surface area (Å²) in [6.45, 7) is 7.00. The third kappa shape index (κ3) is 2.43. The molecule has 0 aromatic rings. The third-order valence-electron chi connectivity index (χ3n) is 3.98. The van der Waals surface area contributed by atoms with Gasteiger partial charge >= 0.3 is 0 Å². The van der Waals surface area contributed by atoms with Crippen LogP contribution in [-0.4, -0.2) is 23.4 Å². The predicted octanol–water partition coefficient (Wildman–Crippen LogP) is 2.36. The van der Waals surface area contributed by atoms with Gasteiger partial charge in [0.15, 0.2) is 0 Å². The molecule has 0 aliphatic heterocycles. The maximum Gasteiger partial charge on any atom is 0.0468 e. The Balaban J connectivity index is 0.000000337. The van der Waals surface area contributed by atoms with Gasteiger partial charge in [0.05, 0.1) is 0 Å². The summed E-state index contributed by atoms with van der Waals surface area (Å²) in [7, 11) is 0. The summed E-state index contributed by atoms with van der Waals surface area (Å²) < 4.78 is 0. The van der Waals surface area contributed by atoms with Crippen LogP contribution in [0.25, 0.3) is 0 Å². The van der Waals surface area contributed by atoms with Crippen LogP contribution in [0.1, 0.15) is 40.0 Å². The fourth-order valence-corrected chi connectivity index (χ4v) is 2.89. The molecule has 3 aliphatic rings. The van der Waals surface area contributed by atoms with Gasteiger partial charge in [-0.15, -0.1) is 0 Å². The van der Waals surface area contributed by atoms with Gasteiger partial charge in [-0.1, -0.05) is 25.5 Å². The van der Waals surface area contributed by atoms with Crippen LogP contribution < -0.4 is 0 Å². The summed E-state index contributed by atoms with van der Waals surface area (Å²) >= 11 is 0. The highest BCUT2D eigenvalue weighted by Gasteiger charge is 2.50. The van der Waals surface area contributed by atoms with Crippen molar-refractivity contribution in [3.8, 4) is 0 Å². The number of fused-ring (bicyclic) bond motifs is 1. The van der Waals surface area contributed by atoms with Crippen LogP contribution in [-0.2, 0) is 0 Å². The van der Waals surface area contributed by atoms with Gasteiger partial charge in [-0.25, -0.2) is 0 Å². The van der Waals surface area contributed by atoms with E-state index in [0.717, 1.165) is 18.3 Å². The first kappa shape index (κ1) is 12.7. The molecule has 3 aliphatic carbocycles. The molecule has 0 spiro atoms. The van der Waals surface area contributed by atoms with E-state index in [9.17, 15) is 0 Å². The average molecular weight is 212 g/mol. The fourth-order valence-electron chi connectivity index (χ4n) is 2.89. The van der Waals surface area contributed by atoms with Crippen molar-refractivity contribution in [1.29, 1.82) is 0 Å². The molecule has 2 heteroatoms. The first-order valence-electron chi connectivity index (χ1n) is 5.98. The molecule has 2 atom stereocenters. The van der Waals surface area contributed by atoms with Crippen molar-refractivity contribution < 1.29 is 10.2 Å². The minimum absolute atomic E-state index is 0.250. The summed E-state index contributed by atoms with van der Waals surface area (Å²) in [5.41, 5.74) is 2.05. The maximum absolute atomic E-state index is 8.88. The van der Waals surface area contributed by atoms with E-state index in [1.807, 2.05) is 0 Å². The van der Waals surface area contributed by atoms with Gasteiger partial charge in [0.25, 0.3) is 0 Å². The third-order valence-corrected chi connectivity index (χ3v) is 3.98. The van der Waals surface area contributed by atoms with Crippen molar-refractivity contribution in [2.75, 3.05) is 13.2 Å². The second kappa shape index (κ2) is 5.13.